The highest BCUT2D eigenvalue weighted by Crippen LogP contribution is 2.28. The average Bonchev–Trinajstić information content (AvgIpc) is 2.76. The molecule has 2 rings (SSSR count). The number of benzene rings is 1. The van der Waals surface area contributed by atoms with Crippen LogP contribution in [0.3, 0.4) is 0 Å². The van der Waals surface area contributed by atoms with E-state index in [2.05, 4.69) is 0 Å². The van der Waals surface area contributed by atoms with Crippen LogP contribution in [0.4, 0.5) is 0 Å². The second kappa shape index (κ2) is 5.34. The molecule has 0 N–H and O–H groups in total. The standard InChI is InChI=1S/C13H11ClO2S/c1-2-16-11-6-4-3-5-9(11)12(15)13-10(14)7-8-17-13/h3-8H,2H2,1H3. The molecule has 0 amide bonds. The van der Waals surface area contributed by atoms with E-state index in [1.54, 1.807) is 23.6 Å². The Kier molecular flexibility index (Phi) is 3.82. The molecule has 4 heteroatoms. The lowest BCUT2D eigenvalue weighted by Gasteiger charge is -2.08. The van der Waals surface area contributed by atoms with E-state index in [0.717, 1.165) is 0 Å². The molecule has 17 heavy (non-hydrogen) atoms. The van der Waals surface area contributed by atoms with Crippen LogP contribution in [-0.4, -0.2) is 12.4 Å². The number of ether oxygens (including phenoxy) is 1. The predicted octanol–water partition coefficient (Wildman–Crippen LogP) is 4.03. The van der Waals surface area contributed by atoms with Gasteiger partial charge in [0, 0.05) is 0 Å². The van der Waals surface area contributed by atoms with Crippen molar-refractivity contribution in [1.82, 2.24) is 0 Å². The second-order valence-electron chi connectivity index (χ2n) is 3.36. The van der Waals surface area contributed by atoms with Crippen molar-refractivity contribution in [2.45, 2.75) is 6.92 Å². The van der Waals surface area contributed by atoms with Gasteiger partial charge in [-0.3, -0.25) is 4.79 Å². The molecule has 0 spiro atoms. The first-order valence-corrected chi connectivity index (χ1v) is 6.49. The van der Waals surface area contributed by atoms with E-state index in [1.807, 2.05) is 19.1 Å². The molecule has 0 aliphatic rings. The Hall–Kier alpha value is -1.32. The minimum absolute atomic E-state index is 0.0888. The summed E-state index contributed by atoms with van der Waals surface area (Å²) >= 11 is 7.30. The van der Waals surface area contributed by atoms with Gasteiger partial charge in [-0.2, -0.15) is 0 Å². The lowest BCUT2D eigenvalue weighted by molar-refractivity contribution is 0.103. The van der Waals surface area contributed by atoms with E-state index < -0.39 is 0 Å². The minimum Gasteiger partial charge on any atom is -0.493 e. The minimum atomic E-state index is -0.0888. The highest BCUT2D eigenvalue weighted by molar-refractivity contribution is 7.13. The van der Waals surface area contributed by atoms with Gasteiger partial charge in [-0.1, -0.05) is 23.7 Å². The summed E-state index contributed by atoms with van der Waals surface area (Å²) in [5.74, 6) is 0.513. The Morgan fingerprint density at radius 2 is 2.12 bits per heavy atom. The van der Waals surface area contributed by atoms with Crippen molar-refractivity contribution in [1.29, 1.82) is 0 Å². The topological polar surface area (TPSA) is 26.3 Å². The lowest BCUT2D eigenvalue weighted by atomic mass is 10.1. The molecule has 0 unspecified atom stereocenters. The van der Waals surface area contributed by atoms with Crippen molar-refractivity contribution in [3.05, 3.63) is 51.2 Å². The molecular formula is C13H11ClO2S. The van der Waals surface area contributed by atoms with Crippen LogP contribution >= 0.6 is 22.9 Å². The third-order valence-electron chi connectivity index (χ3n) is 2.25. The zero-order chi connectivity index (χ0) is 12.3. The van der Waals surface area contributed by atoms with Crippen molar-refractivity contribution < 1.29 is 9.53 Å². The van der Waals surface area contributed by atoms with Gasteiger partial charge >= 0.3 is 0 Å². The molecule has 0 radical (unpaired) electrons. The zero-order valence-corrected chi connectivity index (χ0v) is 10.8. The number of thiophene rings is 1. The summed E-state index contributed by atoms with van der Waals surface area (Å²) in [6.07, 6.45) is 0. The lowest BCUT2D eigenvalue weighted by Crippen LogP contribution is -2.04. The van der Waals surface area contributed by atoms with Crippen LogP contribution in [-0.2, 0) is 0 Å². The number of rotatable bonds is 4. The van der Waals surface area contributed by atoms with Gasteiger partial charge in [0.2, 0.25) is 5.78 Å². The van der Waals surface area contributed by atoms with Crippen molar-refractivity contribution >= 4 is 28.7 Å². The summed E-state index contributed by atoms with van der Waals surface area (Å²) in [4.78, 5) is 12.8. The Morgan fingerprint density at radius 3 is 2.76 bits per heavy atom. The molecule has 1 heterocycles. The van der Waals surface area contributed by atoms with Crippen LogP contribution in [0.2, 0.25) is 5.02 Å². The summed E-state index contributed by atoms with van der Waals surface area (Å²) in [7, 11) is 0. The fourth-order valence-corrected chi connectivity index (χ4v) is 2.61. The van der Waals surface area contributed by atoms with Gasteiger partial charge < -0.3 is 4.74 Å². The van der Waals surface area contributed by atoms with Crippen molar-refractivity contribution in [2.75, 3.05) is 6.61 Å². The first-order valence-electron chi connectivity index (χ1n) is 5.23. The molecule has 88 valence electrons. The molecule has 0 saturated carbocycles. The van der Waals surface area contributed by atoms with E-state index in [0.29, 0.717) is 27.8 Å². The number of ketones is 1. The first-order chi connectivity index (χ1) is 8.24. The molecule has 0 aliphatic heterocycles. The number of hydrogen-bond acceptors (Lipinski definition) is 3. The molecule has 0 fully saturated rings. The molecule has 1 aromatic carbocycles. The molecule has 0 atom stereocenters. The largest absolute Gasteiger partial charge is 0.493 e. The van der Waals surface area contributed by atoms with E-state index in [9.17, 15) is 4.79 Å². The smallest absolute Gasteiger partial charge is 0.208 e. The van der Waals surface area contributed by atoms with Gasteiger partial charge in [0.1, 0.15) is 5.75 Å². The molecule has 1 aromatic heterocycles. The normalized spacial score (nSPS) is 10.2. The third-order valence-corrected chi connectivity index (χ3v) is 3.60. The van der Waals surface area contributed by atoms with Gasteiger partial charge in [0.05, 0.1) is 22.1 Å². The first kappa shape index (κ1) is 12.1. The predicted molar refractivity (Wildman–Crippen MR) is 70.4 cm³/mol. The number of carbonyl (C=O) groups is 1. The number of halogens is 1. The third kappa shape index (κ3) is 2.51. The number of para-hydroxylation sites is 1. The number of hydrogen-bond donors (Lipinski definition) is 0. The van der Waals surface area contributed by atoms with Gasteiger partial charge in [-0.05, 0) is 30.5 Å². The average molecular weight is 267 g/mol. The molecular weight excluding hydrogens is 256 g/mol. The molecule has 0 saturated heterocycles. The van der Waals surface area contributed by atoms with Crippen LogP contribution in [0, 0.1) is 0 Å². The Labute approximate surface area is 109 Å². The molecule has 0 aliphatic carbocycles. The maximum absolute atomic E-state index is 12.3. The summed E-state index contributed by atoms with van der Waals surface area (Å²) in [6.45, 7) is 2.42. The Bertz CT molecular complexity index is 534. The van der Waals surface area contributed by atoms with Crippen molar-refractivity contribution in [3.8, 4) is 5.75 Å². The van der Waals surface area contributed by atoms with Crippen LogP contribution < -0.4 is 4.74 Å². The Balaban J connectivity index is 2.40. The maximum atomic E-state index is 12.3. The van der Waals surface area contributed by atoms with Crippen LogP contribution in [0.25, 0.3) is 0 Å². The van der Waals surface area contributed by atoms with Crippen molar-refractivity contribution in [3.63, 3.8) is 0 Å². The van der Waals surface area contributed by atoms with Gasteiger partial charge in [-0.15, -0.1) is 11.3 Å². The van der Waals surface area contributed by atoms with Gasteiger partial charge in [-0.25, -0.2) is 0 Å². The van der Waals surface area contributed by atoms with E-state index in [1.165, 1.54) is 11.3 Å². The summed E-state index contributed by atoms with van der Waals surface area (Å²) in [5.41, 5.74) is 0.554. The molecule has 2 nitrogen and oxygen atoms in total. The van der Waals surface area contributed by atoms with Gasteiger partial charge in [0.15, 0.2) is 0 Å². The number of carbonyl (C=O) groups excluding carboxylic acids is 1. The van der Waals surface area contributed by atoms with Crippen LogP contribution in [0.15, 0.2) is 35.7 Å². The second-order valence-corrected chi connectivity index (χ2v) is 4.68. The van der Waals surface area contributed by atoms with Crippen LogP contribution in [0.5, 0.6) is 5.75 Å². The van der Waals surface area contributed by atoms with E-state index >= 15 is 0 Å². The van der Waals surface area contributed by atoms with Crippen molar-refractivity contribution in [2.24, 2.45) is 0 Å². The fourth-order valence-electron chi connectivity index (χ4n) is 1.51. The Morgan fingerprint density at radius 1 is 1.35 bits per heavy atom. The van der Waals surface area contributed by atoms with E-state index in [4.69, 9.17) is 16.3 Å². The fraction of sp³-hybridized carbons (Fsp3) is 0.154. The molecule has 0 bridgehead atoms. The summed E-state index contributed by atoms with van der Waals surface area (Å²) in [5, 5.41) is 2.30. The summed E-state index contributed by atoms with van der Waals surface area (Å²) in [6, 6.07) is 8.93. The highest BCUT2D eigenvalue weighted by atomic mass is 35.5. The zero-order valence-electron chi connectivity index (χ0n) is 9.27. The summed E-state index contributed by atoms with van der Waals surface area (Å²) < 4.78 is 5.44. The van der Waals surface area contributed by atoms with Gasteiger partial charge in [0.25, 0.3) is 0 Å². The van der Waals surface area contributed by atoms with E-state index in [-0.39, 0.29) is 5.78 Å². The van der Waals surface area contributed by atoms with Crippen LogP contribution in [0.1, 0.15) is 22.2 Å². The highest BCUT2D eigenvalue weighted by Gasteiger charge is 2.17. The molecule has 2 aromatic rings. The monoisotopic (exact) mass is 266 g/mol. The maximum Gasteiger partial charge on any atom is 0.208 e. The SMILES string of the molecule is CCOc1ccccc1C(=O)c1sccc1Cl. The quantitative estimate of drug-likeness (QED) is 0.781.